The van der Waals surface area contributed by atoms with Crippen molar-refractivity contribution >= 4 is 17.4 Å². The summed E-state index contributed by atoms with van der Waals surface area (Å²) in [5.41, 5.74) is 1.08. The zero-order valence-electron chi connectivity index (χ0n) is 12.6. The molecular weight excluding hydrogens is 258 g/mol. The molecule has 0 saturated heterocycles. The van der Waals surface area contributed by atoms with Crippen LogP contribution in [0.2, 0.25) is 5.15 Å². The third-order valence-corrected chi connectivity index (χ3v) is 4.50. The topological polar surface area (TPSA) is 37.8 Å². The van der Waals surface area contributed by atoms with Crippen LogP contribution < -0.4 is 5.32 Å². The van der Waals surface area contributed by atoms with Crippen LogP contribution in [0.15, 0.2) is 0 Å². The Morgan fingerprint density at radius 2 is 1.89 bits per heavy atom. The number of anilines is 1. The predicted molar refractivity (Wildman–Crippen MR) is 81.0 cm³/mol. The van der Waals surface area contributed by atoms with Gasteiger partial charge in [-0.15, -0.1) is 0 Å². The lowest BCUT2D eigenvalue weighted by atomic mass is 9.75. The van der Waals surface area contributed by atoms with Gasteiger partial charge in [-0.3, -0.25) is 0 Å². The molecule has 0 bridgehead atoms. The first-order valence-electron chi connectivity index (χ1n) is 7.10. The first kappa shape index (κ1) is 14.6. The van der Waals surface area contributed by atoms with Gasteiger partial charge in [0.2, 0.25) is 0 Å². The second-order valence-corrected chi connectivity index (χ2v) is 7.03. The van der Waals surface area contributed by atoms with E-state index in [1.54, 1.807) is 0 Å². The summed E-state index contributed by atoms with van der Waals surface area (Å²) >= 11 is 6.27. The highest BCUT2D eigenvalue weighted by molar-refractivity contribution is 6.30. The maximum Gasteiger partial charge on any atom is 0.137 e. The summed E-state index contributed by atoms with van der Waals surface area (Å²) in [5.74, 6) is 1.71. The van der Waals surface area contributed by atoms with Crippen LogP contribution >= 0.6 is 11.6 Å². The summed E-state index contributed by atoms with van der Waals surface area (Å²) in [6.45, 7) is 10.5. The highest BCUT2D eigenvalue weighted by Gasteiger charge is 2.36. The fourth-order valence-corrected chi connectivity index (χ4v) is 2.54. The summed E-state index contributed by atoms with van der Waals surface area (Å²) in [7, 11) is 0. The van der Waals surface area contributed by atoms with Gasteiger partial charge in [0.15, 0.2) is 0 Å². The molecule has 0 aromatic carbocycles. The average Bonchev–Trinajstić information content (AvgIpc) is 2.27. The SMILES string of the molecule is CCC1(Nc2nc(C(C)(C)C)nc(Cl)c2C)CCC1. The third-order valence-electron chi connectivity index (χ3n) is 4.13. The van der Waals surface area contributed by atoms with Crippen molar-refractivity contribution in [3.05, 3.63) is 16.5 Å². The van der Waals surface area contributed by atoms with Gasteiger partial charge in [-0.25, -0.2) is 9.97 Å². The number of halogens is 1. The largest absolute Gasteiger partial charge is 0.364 e. The van der Waals surface area contributed by atoms with Gasteiger partial charge < -0.3 is 5.32 Å². The van der Waals surface area contributed by atoms with Crippen molar-refractivity contribution in [2.45, 2.75) is 71.3 Å². The number of nitrogens with one attached hydrogen (secondary N) is 1. The van der Waals surface area contributed by atoms with Crippen LogP contribution in [0.5, 0.6) is 0 Å². The third kappa shape index (κ3) is 2.86. The van der Waals surface area contributed by atoms with Crippen molar-refractivity contribution in [3.8, 4) is 0 Å². The number of hydrogen-bond acceptors (Lipinski definition) is 3. The molecule has 1 N–H and O–H groups in total. The lowest BCUT2D eigenvalue weighted by Gasteiger charge is -2.43. The lowest BCUT2D eigenvalue weighted by Crippen LogP contribution is -2.45. The minimum Gasteiger partial charge on any atom is -0.364 e. The second kappa shape index (κ2) is 4.93. The molecule has 1 saturated carbocycles. The average molecular weight is 282 g/mol. The first-order valence-corrected chi connectivity index (χ1v) is 7.48. The Morgan fingerprint density at radius 3 is 2.32 bits per heavy atom. The molecular formula is C15H24ClN3. The minimum absolute atomic E-state index is 0.0905. The van der Waals surface area contributed by atoms with Crippen LogP contribution in [0.1, 0.15) is 64.8 Å². The van der Waals surface area contributed by atoms with E-state index in [0.717, 1.165) is 23.6 Å². The number of hydrogen-bond donors (Lipinski definition) is 1. The fraction of sp³-hybridized carbons (Fsp3) is 0.733. The van der Waals surface area contributed by atoms with Crippen LogP contribution in [0, 0.1) is 6.92 Å². The number of rotatable bonds is 3. The summed E-state index contributed by atoms with van der Waals surface area (Å²) in [6.07, 6.45) is 4.86. The van der Waals surface area contributed by atoms with Gasteiger partial charge in [-0.2, -0.15) is 0 Å². The molecule has 0 amide bonds. The van der Waals surface area contributed by atoms with Gasteiger partial charge in [0.05, 0.1) is 0 Å². The molecule has 0 spiro atoms. The Morgan fingerprint density at radius 1 is 1.26 bits per heavy atom. The molecule has 0 unspecified atom stereocenters. The quantitative estimate of drug-likeness (QED) is 0.830. The molecule has 2 rings (SSSR count). The highest BCUT2D eigenvalue weighted by Crippen LogP contribution is 2.39. The Bertz CT molecular complexity index is 468. The van der Waals surface area contributed by atoms with Crippen LogP contribution in [-0.2, 0) is 5.41 Å². The molecule has 19 heavy (non-hydrogen) atoms. The number of nitrogens with zero attached hydrogens (tertiary/aromatic N) is 2. The van der Waals surface area contributed by atoms with Crippen LogP contribution in [0.4, 0.5) is 5.82 Å². The van der Waals surface area contributed by atoms with E-state index in [-0.39, 0.29) is 11.0 Å². The summed E-state index contributed by atoms with van der Waals surface area (Å²) in [6, 6.07) is 0. The van der Waals surface area contributed by atoms with E-state index in [2.05, 4.69) is 38.0 Å². The Labute approximate surface area is 121 Å². The van der Waals surface area contributed by atoms with E-state index in [1.807, 2.05) is 6.92 Å². The van der Waals surface area contributed by atoms with Crippen molar-refractivity contribution in [2.24, 2.45) is 0 Å². The minimum atomic E-state index is -0.0905. The molecule has 106 valence electrons. The van der Waals surface area contributed by atoms with E-state index in [4.69, 9.17) is 16.6 Å². The van der Waals surface area contributed by atoms with Gasteiger partial charge in [0.1, 0.15) is 16.8 Å². The van der Waals surface area contributed by atoms with Gasteiger partial charge >= 0.3 is 0 Å². The van der Waals surface area contributed by atoms with Gasteiger partial charge in [-0.05, 0) is 32.6 Å². The first-order chi connectivity index (χ1) is 8.77. The highest BCUT2D eigenvalue weighted by atomic mass is 35.5. The van der Waals surface area contributed by atoms with Crippen molar-refractivity contribution in [1.29, 1.82) is 0 Å². The zero-order valence-corrected chi connectivity index (χ0v) is 13.4. The molecule has 1 fully saturated rings. The smallest absolute Gasteiger partial charge is 0.137 e. The fourth-order valence-electron chi connectivity index (χ4n) is 2.37. The molecule has 3 nitrogen and oxygen atoms in total. The molecule has 1 heterocycles. The standard InChI is InChI=1S/C15H24ClN3/c1-6-15(8-7-9-15)19-12-10(2)11(16)17-13(18-12)14(3,4)5/h6-9H2,1-5H3,(H,17,18,19). The van der Waals surface area contributed by atoms with E-state index in [0.29, 0.717) is 5.15 Å². The summed E-state index contributed by atoms with van der Waals surface area (Å²) in [4.78, 5) is 9.13. The molecule has 1 aromatic heterocycles. The van der Waals surface area contributed by atoms with Crippen molar-refractivity contribution in [1.82, 2.24) is 9.97 Å². The maximum absolute atomic E-state index is 6.27. The number of aromatic nitrogens is 2. The van der Waals surface area contributed by atoms with Crippen LogP contribution in [-0.4, -0.2) is 15.5 Å². The van der Waals surface area contributed by atoms with E-state index in [9.17, 15) is 0 Å². The molecule has 0 atom stereocenters. The lowest BCUT2D eigenvalue weighted by molar-refractivity contribution is 0.268. The summed E-state index contributed by atoms with van der Waals surface area (Å²) in [5, 5.41) is 4.19. The van der Waals surface area contributed by atoms with Gasteiger partial charge in [0.25, 0.3) is 0 Å². The maximum atomic E-state index is 6.27. The van der Waals surface area contributed by atoms with Crippen LogP contribution in [0.25, 0.3) is 0 Å². The monoisotopic (exact) mass is 281 g/mol. The van der Waals surface area contributed by atoms with Crippen LogP contribution in [0.3, 0.4) is 0 Å². The zero-order chi connectivity index (χ0) is 14.3. The Hall–Kier alpha value is -0.830. The molecule has 4 heteroatoms. The van der Waals surface area contributed by atoms with E-state index >= 15 is 0 Å². The Balaban J connectivity index is 2.36. The van der Waals surface area contributed by atoms with E-state index < -0.39 is 0 Å². The van der Waals surface area contributed by atoms with Crippen molar-refractivity contribution < 1.29 is 0 Å². The normalized spacial score (nSPS) is 18.0. The second-order valence-electron chi connectivity index (χ2n) is 6.67. The van der Waals surface area contributed by atoms with Crippen molar-refractivity contribution in [3.63, 3.8) is 0 Å². The van der Waals surface area contributed by atoms with Gasteiger partial charge in [0, 0.05) is 16.5 Å². The molecule has 0 radical (unpaired) electrons. The molecule has 1 aliphatic rings. The van der Waals surface area contributed by atoms with Crippen molar-refractivity contribution in [2.75, 3.05) is 5.32 Å². The molecule has 1 aliphatic carbocycles. The summed E-state index contributed by atoms with van der Waals surface area (Å²) < 4.78 is 0. The van der Waals surface area contributed by atoms with E-state index in [1.165, 1.54) is 19.3 Å². The van der Waals surface area contributed by atoms with Gasteiger partial charge in [-0.1, -0.05) is 39.3 Å². The molecule has 1 aromatic rings. The molecule has 0 aliphatic heterocycles. The Kier molecular flexibility index (Phi) is 3.78. The predicted octanol–water partition coefficient (Wildman–Crippen LogP) is 4.48.